The van der Waals surface area contributed by atoms with Gasteiger partial charge in [0.1, 0.15) is 0 Å². The second-order valence-corrected chi connectivity index (χ2v) is 18.8. The fourth-order valence-corrected chi connectivity index (χ4v) is 17.0. The molecule has 0 aromatic heterocycles. The van der Waals surface area contributed by atoms with Gasteiger partial charge in [-0.25, -0.2) is 0 Å². The quantitative estimate of drug-likeness (QED) is 0.182. The van der Waals surface area contributed by atoms with Gasteiger partial charge in [0.15, 0.2) is 0 Å². The third-order valence-electron chi connectivity index (χ3n) is 9.40. The molecule has 0 bridgehead atoms. The minimum absolute atomic E-state index is 0.453. The summed E-state index contributed by atoms with van der Waals surface area (Å²) in [5.74, 6) is 1.09. The first-order chi connectivity index (χ1) is 20.4. The average Bonchev–Trinajstić information content (AvgIpc) is 3.60. The fraction of sp³-hybridized carbons (Fsp3) is 0.293. The van der Waals surface area contributed by atoms with Gasteiger partial charge in [0.05, 0.1) is 0 Å². The Morgan fingerprint density at radius 3 is 1.60 bits per heavy atom. The summed E-state index contributed by atoms with van der Waals surface area (Å²) >= 11 is -2.77. The van der Waals surface area contributed by atoms with Crippen molar-refractivity contribution in [3.63, 3.8) is 0 Å². The average molecular weight is 628 g/mol. The van der Waals surface area contributed by atoms with Crippen LogP contribution >= 0.6 is 0 Å². The van der Waals surface area contributed by atoms with E-state index in [0.29, 0.717) is 15.5 Å². The zero-order chi connectivity index (χ0) is 29.4. The summed E-state index contributed by atoms with van der Waals surface area (Å²) < 4.78 is 3.92. The number of fused-ring (bicyclic) bond motifs is 3. The molecule has 6 rings (SSSR count). The van der Waals surface area contributed by atoms with Gasteiger partial charge >= 0.3 is 263 Å². The summed E-state index contributed by atoms with van der Waals surface area (Å²) in [6.45, 7) is 14.2. The summed E-state index contributed by atoms with van der Waals surface area (Å²) in [7, 11) is 0. The van der Waals surface area contributed by atoms with Gasteiger partial charge in [-0.2, -0.15) is 0 Å². The number of aryl methyl sites for hydroxylation is 2. The molecule has 0 saturated heterocycles. The SMILES string of the molecule is CCc1ccc2c(c1)[CH]([Zr]([C]1=C(C(C)C)C=C(C(C)C)C1)=[C](c1ccccc1)c1ccccc1)c1cc(CC)ccc1-2. The molecule has 0 heterocycles. The standard InChI is InChI=1S/C17H17.C13H10.C11H17.Zr/c1-3-12-5-7-16-14(9-12)11-15-10-13(4-2)6-8-17(15)16;1-3-7-12(8-4-1)11-13-9-5-2-6-10-13;1-8(2)10-5-6-11(7-10)9(3)4;/h5-11H,3-4H2,1-2H3;1-10H;7-9H,5H2,1-4H3;. The van der Waals surface area contributed by atoms with E-state index in [1.54, 1.807) is 25.5 Å². The van der Waals surface area contributed by atoms with Gasteiger partial charge in [-0.1, -0.05) is 0 Å². The third-order valence-corrected chi connectivity index (χ3v) is 17.8. The van der Waals surface area contributed by atoms with Gasteiger partial charge in [0.25, 0.3) is 0 Å². The number of allylic oxidation sites excluding steroid dienone is 4. The van der Waals surface area contributed by atoms with Crippen LogP contribution in [0.1, 0.15) is 85.0 Å². The number of benzene rings is 4. The molecule has 0 saturated carbocycles. The van der Waals surface area contributed by atoms with Crippen LogP contribution in [0.5, 0.6) is 0 Å². The normalized spacial score (nSPS) is 14.4. The molecule has 1 heteroatoms. The molecule has 0 unspecified atom stereocenters. The Morgan fingerprint density at radius 1 is 0.667 bits per heavy atom. The van der Waals surface area contributed by atoms with Crippen LogP contribution in [0.15, 0.2) is 118 Å². The Hall–Kier alpha value is -2.89. The Labute approximate surface area is 261 Å². The molecule has 0 nitrogen and oxygen atoms in total. The van der Waals surface area contributed by atoms with Crippen LogP contribution in [-0.4, -0.2) is 3.21 Å². The fourth-order valence-electron chi connectivity index (χ4n) is 7.05. The van der Waals surface area contributed by atoms with Crippen molar-refractivity contribution in [2.45, 2.75) is 64.4 Å². The summed E-state index contributed by atoms with van der Waals surface area (Å²) in [6, 6.07) is 37.6. The van der Waals surface area contributed by atoms with Crippen molar-refractivity contribution in [3.05, 3.63) is 151 Å². The molecule has 0 amide bonds. The van der Waals surface area contributed by atoms with Crippen LogP contribution < -0.4 is 0 Å². The molecule has 0 N–H and O–H groups in total. The summed E-state index contributed by atoms with van der Waals surface area (Å²) in [6.07, 6.45) is 5.90. The second-order valence-electron chi connectivity index (χ2n) is 12.6. The molecule has 4 aromatic carbocycles. The molecule has 0 aliphatic heterocycles. The van der Waals surface area contributed by atoms with Gasteiger partial charge in [0, 0.05) is 0 Å². The van der Waals surface area contributed by atoms with Crippen molar-refractivity contribution in [1.82, 2.24) is 0 Å². The molecule has 2 aliphatic carbocycles. The predicted molar refractivity (Wildman–Crippen MR) is 178 cm³/mol. The van der Waals surface area contributed by atoms with Crippen molar-refractivity contribution in [2.75, 3.05) is 0 Å². The van der Waals surface area contributed by atoms with Gasteiger partial charge in [-0.15, -0.1) is 0 Å². The van der Waals surface area contributed by atoms with Gasteiger partial charge < -0.3 is 0 Å². The Kier molecular flexibility index (Phi) is 8.61. The summed E-state index contributed by atoms with van der Waals surface area (Å²) in [5, 5.41) is 0. The number of hydrogen-bond acceptors (Lipinski definition) is 0. The third kappa shape index (κ3) is 5.35. The molecule has 0 fully saturated rings. The topological polar surface area (TPSA) is 0 Å². The minimum atomic E-state index is -2.77. The molecule has 2 aliphatic rings. The van der Waals surface area contributed by atoms with Crippen LogP contribution in [0, 0.1) is 11.8 Å². The van der Waals surface area contributed by atoms with Crippen molar-refractivity contribution < 1.29 is 21.3 Å². The molecular weight excluding hydrogens is 584 g/mol. The van der Waals surface area contributed by atoms with Crippen molar-refractivity contribution in [1.29, 1.82) is 0 Å². The van der Waals surface area contributed by atoms with E-state index < -0.39 is 21.3 Å². The van der Waals surface area contributed by atoms with E-state index in [0.717, 1.165) is 19.3 Å². The number of hydrogen-bond donors (Lipinski definition) is 0. The molecule has 42 heavy (non-hydrogen) atoms. The molecule has 0 radical (unpaired) electrons. The van der Waals surface area contributed by atoms with Crippen molar-refractivity contribution in [2.24, 2.45) is 11.8 Å². The van der Waals surface area contributed by atoms with E-state index in [1.807, 2.05) is 3.28 Å². The summed E-state index contributed by atoms with van der Waals surface area (Å²) in [4.78, 5) is 0. The van der Waals surface area contributed by atoms with Crippen LogP contribution in [0.3, 0.4) is 0 Å². The van der Waals surface area contributed by atoms with Crippen LogP contribution in [0.25, 0.3) is 11.1 Å². The van der Waals surface area contributed by atoms with Crippen LogP contribution in [-0.2, 0) is 34.1 Å². The van der Waals surface area contributed by atoms with E-state index in [9.17, 15) is 0 Å². The zero-order valence-corrected chi connectivity index (χ0v) is 28.6. The van der Waals surface area contributed by atoms with E-state index in [-0.39, 0.29) is 0 Å². The zero-order valence-electron chi connectivity index (χ0n) is 26.2. The maximum absolute atomic E-state index is 2.77. The maximum atomic E-state index is 2.61. The second kappa shape index (κ2) is 12.4. The molecule has 212 valence electrons. The van der Waals surface area contributed by atoms with E-state index in [2.05, 4.69) is 145 Å². The van der Waals surface area contributed by atoms with Gasteiger partial charge in [-0.3, -0.25) is 0 Å². The molecule has 4 aromatic rings. The Bertz CT molecular complexity index is 1600. The van der Waals surface area contributed by atoms with Crippen molar-refractivity contribution >= 4 is 3.21 Å². The predicted octanol–water partition coefficient (Wildman–Crippen LogP) is 10.7. The Morgan fingerprint density at radius 2 is 1.17 bits per heavy atom. The number of rotatable bonds is 8. The molecule has 0 spiro atoms. The van der Waals surface area contributed by atoms with Crippen LogP contribution in [0.2, 0.25) is 0 Å². The van der Waals surface area contributed by atoms with Crippen molar-refractivity contribution in [3.8, 4) is 11.1 Å². The van der Waals surface area contributed by atoms with Crippen LogP contribution in [0.4, 0.5) is 0 Å². The first-order valence-electron chi connectivity index (χ1n) is 16.0. The Balaban J connectivity index is 1.77. The van der Waals surface area contributed by atoms with Gasteiger partial charge in [-0.05, 0) is 0 Å². The molecule has 0 atom stereocenters. The summed E-state index contributed by atoms with van der Waals surface area (Å²) in [5.41, 5.74) is 15.1. The van der Waals surface area contributed by atoms with E-state index in [4.69, 9.17) is 0 Å². The van der Waals surface area contributed by atoms with Gasteiger partial charge in [0.2, 0.25) is 0 Å². The van der Waals surface area contributed by atoms with E-state index >= 15 is 0 Å². The first-order valence-corrected chi connectivity index (χ1v) is 19.8. The van der Waals surface area contributed by atoms with E-state index in [1.165, 1.54) is 33.4 Å². The first kappa shape index (κ1) is 29.2. The molecular formula is C41H44Zr. The monoisotopic (exact) mass is 626 g/mol.